The van der Waals surface area contributed by atoms with Gasteiger partial charge in [-0.25, -0.2) is 22.5 Å². The van der Waals surface area contributed by atoms with Crippen LogP contribution in [0.15, 0.2) is 76.6 Å². The molecule has 1 unspecified atom stereocenters. The first kappa shape index (κ1) is 44.6. The second-order valence-corrected chi connectivity index (χ2v) is 16.2. The number of unbranched alkanes of at least 4 members (excludes halogenated alkanes) is 12. The highest BCUT2D eigenvalue weighted by atomic mass is 35.5. The Labute approximate surface area is 337 Å². The van der Waals surface area contributed by atoms with Crippen molar-refractivity contribution in [1.29, 1.82) is 0 Å². The summed E-state index contributed by atoms with van der Waals surface area (Å²) in [6.07, 6.45) is 15.4. The lowest BCUT2D eigenvalue weighted by Gasteiger charge is -2.33. The van der Waals surface area contributed by atoms with Crippen LogP contribution in [0.1, 0.15) is 121 Å². The molecule has 1 atom stereocenters. The van der Waals surface area contributed by atoms with Crippen molar-refractivity contribution < 1.29 is 37.3 Å². The van der Waals surface area contributed by atoms with Gasteiger partial charge < -0.3 is 24.6 Å². The molecule has 1 amide bonds. The summed E-state index contributed by atoms with van der Waals surface area (Å²) in [4.78, 5) is 30.6. The standard InChI is InChI=1S/C43H58ClN3O8S/c1-3-5-7-8-9-10-11-12-13-14-15-20-29-53-30-21-28-47-41(45-36-23-17-19-25-39(36)56(47,51)52)40(55-37-27-26-33(43(49)50)32-34(37)44)42(48)46-35-22-16-18-24-38(35)54-31-6-4-2/h16-19,22-27,32,40H,3-15,20-21,28-31H2,1-2H3,(H,46,48)(H,49,50). The molecule has 3 aromatic carbocycles. The molecule has 11 nitrogen and oxygen atoms in total. The maximum atomic E-state index is 14.3. The summed E-state index contributed by atoms with van der Waals surface area (Å²) in [5.74, 6) is -1.71. The van der Waals surface area contributed by atoms with Gasteiger partial charge in [0.25, 0.3) is 15.9 Å². The maximum Gasteiger partial charge on any atom is 0.335 e. The Morgan fingerprint density at radius 1 is 0.768 bits per heavy atom. The van der Waals surface area contributed by atoms with Gasteiger partial charge in [-0.2, -0.15) is 0 Å². The number of carboxylic acids is 1. The summed E-state index contributed by atoms with van der Waals surface area (Å²) in [5, 5.41) is 12.3. The minimum absolute atomic E-state index is 0.00108. The van der Waals surface area contributed by atoms with Gasteiger partial charge in [-0.3, -0.25) is 4.79 Å². The Hall–Kier alpha value is -4.13. The average Bonchev–Trinajstić information content (AvgIpc) is 3.18. The van der Waals surface area contributed by atoms with Crippen LogP contribution >= 0.6 is 11.6 Å². The van der Waals surface area contributed by atoms with E-state index < -0.39 is 28.0 Å². The number of carbonyl (C=O) groups excluding carboxylic acids is 1. The zero-order valence-electron chi connectivity index (χ0n) is 32.8. The third kappa shape index (κ3) is 13.5. The van der Waals surface area contributed by atoms with Crippen molar-refractivity contribution in [2.45, 2.75) is 121 Å². The van der Waals surface area contributed by atoms with Crippen LogP contribution in [-0.4, -0.2) is 68.0 Å². The Morgan fingerprint density at radius 2 is 1.39 bits per heavy atom. The van der Waals surface area contributed by atoms with E-state index in [2.05, 4.69) is 12.2 Å². The lowest BCUT2D eigenvalue weighted by atomic mass is 10.1. The topological polar surface area (TPSA) is 144 Å². The number of halogens is 1. The van der Waals surface area contributed by atoms with E-state index in [0.717, 1.165) is 30.0 Å². The summed E-state index contributed by atoms with van der Waals surface area (Å²) in [6, 6.07) is 17.0. The summed E-state index contributed by atoms with van der Waals surface area (Å²) >= 11 is 6.47. The molecule has 0 spiro atoms. The van der Waals surface area contributed by atoms with Crippen LogP contribution in [0, 0.1) is 0 Å². The summed E-state index contributed by atoms with van der Waals surface area (Å²) in [5.41, 5.74) is 0.420. The van der Waals surface area contributed by atoms with Crippen molar-refractivity contribution in [3.05, 3.63) is 77.3 Å². The highest BCUT2D eigenvalue weighted by molar-refractivity contribution is 7.90. The van der Waals surface area contributed by atoms with Crippen molar-refractivity contribution in [1.82, 2.24) is 4.31 Å². The van der Waals surface area contributed by atoms with Crippen LogP contribution in [0.2, 0.25) is 5.02 Å². The second-order valence-electron chi connectivity index (χ2n) is 14.0. The van der Waals surface area contributed by atoms with Crippen molar-refractivity contribution in [3.8, 4) is 11.5 Å². The molecule has 306 valence electrons. The lowest BCUT2D eigenvalue weighted by molar-refractivity contribution is -0.120. The van der Waals surface area contributed by atoms with E-state index in [1.54, 1.807) is 42.5 Å². The van der Waals surface area contributed by atoms with Crippen molar-refractivity contribution in [2.24, 2.45) is 4.99 Å². The molecule has 0 aliphatic carbocycles. The van der Waals surface area contributed by atoms with Crippen LogP contribution in [-0.2, 0) is 19.6 Å². The monoisotopic (exact) mass is 811 g/mol. The smallest absolute Gasteiger partial charge is 0.335 e. The molecule has 56 heavy (non-hydrogen) atoms. The predicted molar refractivity (Wildman–Crippen MR) is 222 cm³/mol. The number of aromatic carboxylic acids is 1. The molecule has 1 aliphatic heterocycles. The minimum Gasteiger partial charge on any atom is -0.491 e. The number of para-hydroxylation sites is 3. The van der Waals surface area contributed by atoms with E-state index in [1.807, 2.05) is 6.92 Å². The van der Waals surface area contributed by atoms with Crippen molar-refractivity contribution >= 4 is 50.7 Å². The van der Waals surface area contributed by atoms with E-state index in [0.29, 0.717) is 37.7 Å². The van der Waals surface area contributed by atoms with Crippen molar-refractivity contribution in [2.75, 3.05) is 31.7 Å². The van der Waals surface area contributed by atoms with Gasteiger partial charge in [0, 0.05) is 19.8 Å². The fourth-order valence-electron chi connectivity index (χ4n) is 6.37. The quantitative estimate of drug-likeness (QED) is 0.0724. The van der Waals surface area contributed by atoms with Gasteiger partial charge >= 0.3 is 5.97 Å². The number of nitrogens with zero attached hydrogens (tertiary/aromatic N) is 2. The minimum atomic E-state index is -4.20. The number of rotatable bonds is 27. The van der Waals surface area contributed by atoms with Crippen LogP contribution in [0.4, 0.5) is 11.4 Å². The van der Waals surface area contributed by atoms with Crippen LogP contribution in [0.5, 0.6) is 11.5 Å². The van der Waals surface area contributed by atoms with Gasteiger partial charge in [0.05, 0.1) is 28.6 Å². The molecule has 0 saturated heterocycles. The molecule has 1 heterocycles. The molecule has 4 rings (SSSR count). The highest BCUT2D eigenvalue weighted by Crippen LogP contribution is 2.35. The number of benzene rings is 3. The zero-order valence-corrected chi connectivity index (χ0v) is 34.4. The number of nitrogens with one attached hydrogen (secondary N) is 1. The normalized spacial score (nSPS) is 13.8. The summed E-state index contributed by atoms with van der Waals surface area (Å²) < 4.78 is 47.6. The number of hydrogen-bond acceptors (Lipinski definition) is 8. The fourth-order valence-corrected chi connectivity index (χ4v) is 8.21. The third-order valence-electron chi connectivity index (χ3n) is 9.51. The number of fused-ring (bicyclic) bond motifs is 1. The number of carbonyl (C=O) groups is 2. The first-order chi connectivity index (χ1) is 27.2. The number of carboxylic acid groups (broad SMARTS) is 1. The Balaban J connectivity index is 1.47. The van der Waals surface area contributed by atoms with Gasteiger partial charge in [0.15, 0.2) is 5.84 Å². The summed E-state index contributed by atoms with van der Waals surface area (Å²) in [6.45, 7) is 5.57. The molecular formula is C43H58ClN3O8S. The molecular weight excluding hydrogens is 754 g/mol. The number of amidine groups is 1. The van der Waals surface area contributed by atoms with Crippen LogP contribution < -0.4 is 14.8 Å². The van der Waals surface area contributed by atoms with E-state index in [1.165, 1.54) is 88.5 Å². The van der Waals surface area contributed by atoms with Crippen molar-refractivity contribution in [3.63, 3.8) is 0 Å². The number of amides is 1. The fraction of sp³-hybridized carbons (Fsp3) is 0.512. The predicted octanol–water partition coefficient (Wildman–Crippen LogP) is 10.4. The van der Waals surface area contributed by atoms with Gasteiger partial charge in [-0.15, -0.1) is 0 Å². The van der Waals surface area contributed by atoms with E-state index in [-0.39, 0.29) is 39.3 Å². The SMILES string of the molecule is CCCCCCCCCCCCCCOCCCN1C(C(Oc2ccc(C(=O)O)cc2Cl)C(=O)Nc2ccccc2OCCCC)=Nc2ccccc2S1(=O)=O. The number of aliphatic imine (C=N–C) groups is 1. The number of sulfonamides is 1. The molecule has 13 heteroatoms. The van der Waals surface area contributed by atoms with E-state index in [9.17, 15) is 23.1 Å². The molecule has 0 bridgehead atoms. The molecule has 0 aromatic heterocycles. The average molecular weight is 812 g/mol. The molecule has 0 radical (unpaired) electrons. The number of hydrogen-bond donors (Lipinski definition) is 2. The molecule has 1 aliphatic rings. The van der Waals surface area contributed by atoms with Gasteiger partial charge in [-0.05, 0) is 61.7 Å². The molecule has 0 fully saturated rings. The molecule has 3 aromatic rings. The van der Waals surface area contributed by atoms with Gasteiger partial charge in [0.1, 0.15) is 16.4 Å². The largest absolute Gasteiger partial charge is 0.491 e. The Morgan fingerprint density at radius 3 is 2.07 bits per heavy atom. The Bertz CT molecular complexity index is 1840. The lowest BCUT2D eigenvalue weighted by Crippen LogP contribution is -2.52. The van der Waals surface area contributed by atoms with E-state index >= 15 is 0 Å². The zero-order chi connectivity index (χ0) is 40.2. The third-order valence-corrected chi connectivity index (χ3v) is 11.7. The first-order valence-electron chi connectivity index (χ1n) is 20.2. The van der Waals surface area contributed by atoms with Crippen LogP contribution in [0.25, 0.3) is 0 Å². The van der Waals surface area contributed by atoms with E-state index in [4.69, 9.17) is 30.8 Å². The van der Waals surface area contributed by atoms with Crippen LogP contribution in [0.3, 0.4) is 0 Å². The molecule has 2 N–H and O–H groups in total. The maximum absolute atomic E-state index is 14.3. The molecule has 0 saturated carbocycles. The van der Waals surface area contributed by atoms with Gasteiger partial charge in [-0.1, -0.05) is 127 Å². The Kier molecular flexibility index (Phi) is 19.0. The number of anilines is 1. The summed E-state index contributed by atoms with van der Waals surface area (Å²) in [7, 11) is -4.20. The first-order valence-corrected chi connectivity index (χ1v) is 22.0. The highest BCUT2D eigenvalue weighted by Gasteiger charge is 2.41. The number of ether oxygens (including phenoxy) is 3. The second kappa shape index (κ2) is 23.8. The van der Waals surface area contributed by atoms with Gasteiger partial charge in [0.2, 0.25) is 6.10 Å².